The van der Waals surface area contributed by atoms with Gasteiger partial charge in [-0.25, -0.2) is 0 Å². The van der Waals surface area contributed by atoms with Crippen molar-refractivity contribution in [3.8, 4) is 0 Å². The average Bonchev–Trinajstić information content (AvgIpc) is 3.13. The van der Waals surface area contributed by atoms with Crippen molar-refractivity contribution in [1.82, 2.24) is 15.1 Å². The number of nitrogens with zero attached hydrogens (tertiary/aromatic N) is 3. The topological polar surface area (TPSA) is 87.2 Å². The van der Waals surface area contributed by atoms with Crippen molar-refractivity contribution in [2.45, 2.75) is 16.5 Å². The molecule has 0 aliphatic rings. The van der Waals surface area contributed by atoms with E-state index >= 15 is 0 Å². The van der Waals surface area contributed by atoms with Gasteiger partial charge in [0.2, 0.25) is 16.9 Å². The molecule has 9 heteroatoms. The summed E-state index contributed by atoms with van der Waals surface area (Å²) in [5.74, 6) is -0.136. The molecule has 1 atom stereocenters. The highest BCUT2D eigenvalue weighted by molar-refractivity contribution is 8.01. The van der Waals surface area contributed by atoms with Gasteiger partial charge in [-0.05, 0) is 23.8 Å². The van der Waals surface area contributed by atoms with E-state index in [1.807, 2.05) is 54.6 Å². The number of aromatic nitrogens is 2. The molecule has 29 heavy (non-hydrogen) atoms. The first-order chi connectivity index (χ1) is 13.9. The molecule has 0 bridgehead atoms. The summed E-state index contributed by atoms with van der Waals surface area (Å²) < 4.78 is 0.689. The number of hydrogen-bond donors (Lipinski definition) is 2. The Morgan fingerprint density at radius 3 is 2.45 bits per heavy atom. The number of benzene rings is 2. The van der Waals surface area contributed by atoms with Crippen molar-refractivity contribution in [3.63, 3.8) is 0 Å². The number of thioether (sulfide) groups is 1. The van der Waals surface area contributed by atoms with E-state index in [1.54, 1.807) is 19.0 Å². The minimum absolute atomic E-state index is 0.00563. The van der Waals surface area contributed by atoms with E-state index in [4.69, 9.17) is 0 Å². The molecular weight excluding hydrogens is 406 g/mol. The van der Waals surface area contributed by atoms with E-state index in [0.29, 0.717) is 15.2 Å². The Bertz CT molecular complexity index is 991. The molecule has 0 spiro atoms. The Balaban J connectivity index is 1.75. The number of rotatable bonds is 7. The van der Waals surface area contributed by atoms with Crippen LogP contribution in [-0.2, 0) is 9.59 Å². The molecular formula is C20H21N5O2S2. The van der Waals surface area contributed by atoms with Crippen molar-refractivity contribution in [2.75, 3.05) is 24.7 Å². The van der Waals surface area contributed by atoms with Crippen LogP contribution in [0.1, 0.15) is 17.7 Å². The van der Waals surface area contributed by atoms with Crippen LogP contribution in [0.4, 0.5) is 16.5 Å². The second-order valence-corrected chi connectivity index (χ2v) is 8.73. The van der Waals surface area contributed by atoms with Crippen LogP contribution in [-0.4, -0.2) is 41.0 Å². The van der Waals surface area contributed by atoms with Gasteiger partial charge in [0.05, 0.1) is 0 Å². The van der Waals surface area contributed by atoms with Gasteiger partial charge in [-0.3, -0.25) is 9.59 Å². The predicted octanol–water partition coefficient (Wildman–Crippen LogP) is 4.16. The van der Waals surface area contributed by atoms with Gasteiger partial charge < -0.3 is 15.5 Å². The van der Waals surface area contributed by atoms with E-state index in [0.717, 1.165) is 11.3 Å². The SMILES string of the molecule is CC(=O)Nc1cccc(Nc2nnc(SC(C(=O)N(C)C)c3ccccc3)s2)c1. The number of hydrogen-bond acceptors (Lipinski definition) is 7. The molecule has 1 aromatic heterocycles. The lowest BCUT2D eigenvalue weighted by Gasteiger charge is -2.19. The molecule has 0 aliphatic carbocycles. The Kier molecular flexibility index (Phi) is 6.84. The zero-order valence-electron chi connectivity index (χ0n) is 16.2. The molecule has 2 amide bonds. The fourth-order valence-electron chi connectivity index (χ4n) is 2.53. The number of likely N-dealkylation sites (N-methyl/N-ethyl adjacent to an activating group) is 1. The van der Waals surface area contributed by atoms with Crippen molar-refractivity contribution < 1.29 is 9.59 Å². The van der Waals surface area contributed by atoms with Crippen LogP contribution in [0.5, 0.6) is 0 Å². The quantitative estimate of drug-likeness (QED) is 0.551. The maximum absolute atomic E-state index is 12.7. The molecule has 3 rings (SSSR count). The zero-order valence-corrected chi connectivity index (χ0v) is 17.9. The second-order valence-electron chi connectivity index (χ2n) is 6.40. The summed E-state index contributed by atoms with van der Waals surface area (Å²) >= 11 is 2.75. The van der Waals surface area contributed by atoms with Crippen molar-refractivity contribution >= 4 is 51.4 Å². The molecule has 0 saturated heterocycles. The molecule has 0 aliphatic heterocycles. The zero-order chi connectivity index (χ0) is 20.8. The van der Waals surface area contributed by atoms with Gasteiger partial charge in [0.1, 0.15) is 5.25 Å². The summed E-state index contributed by atoms with van der Waals surface area (Å²) in [6.45, 7) is 1.46. The molecule has 0 fully saturated rings. The lowest BCUT2D eigenvalue weighted by atomic mass is 10.1. The molecule has 2 N–H and O–H groups in total. The standard InChI is InChI=1S/C20H21N5O2S2/c1-13(26)21-15-10-7-11-16(12-15)22-19-23-24-20(29-19)28-17(18(27)25(2)3)14-8-5-4-6-9-14/h4-12,17H,1-3H3,(H,21,26)(H,22,23). The highest BCUT2D eigenvalue weighted by atomic mass is 32.2. The number of anilines is 3. The second kappa shape index (κ2) is 9.53. The fraction of sp³-hybridized carbons (Fsp3) is 0.200. The summed E-state index contributed by atoms with van der Waals surface area (Å²) in [6.07, 6.45) is 0. The monoisotopic (exact) mass is 427 g/mol. The molecule has 1 unspecified atom stereocenters. The summed E-state index contributed by atoms with van der Waals surface area (Å²) in [5.41, 5.74) is 2.40. The van der Waals surface area contributed by atoms with E-state index < -0.39 is 5.25 Å². The molecule has 0 radical (unpaired) electrons. The minimum atomic E-state index is -0.393. The highest BCUT2D eigenvalue weighted by Gasteiger charge is 2.25. The Morgan fingerprint density at radius 1 is 1.03 bits per heavy atom. The molecule has 7 nitrogen and oxygen atoms in total. The van der Waals surface area contributed by atoms with Crippen LogP contribution >= 0.6 is 23.1 Å². The van der Waals surface area contributed by atoms with Crippen LogP contribution in [0.3, 0.4) is 0 Å². The third-order valence-corrected chi connectivity index (χ3v) is 5.99. The minimum Gasteiger partial charge on any atom is -0.348 e. The Labute approximate surface area is 177 Å². The number of nitrogens with one attached hydrogen (secondary N) is 2. The van der Waals surface area contributed by atoms with Gasteiger partial charge >= 0.3 is 0 Å². The Hall–Kier alpha value is -2.91. The highest BCUT2D eigenvalue weighted by Crippen LogP contribution is 2.39. The van der Waals surface area contributed by atoms with Crippen LogP contribution < -0.4 is 10.6 Å². The first-order valence-corrected chi connectivity index (χ1v) is 10.5. The third-order valence-electron chi connectivity index (χ3n) is 3.83. The van der Waals surface area contributed by atoms with Crippen molar-refractivity contribution in [1.29, 1.82) is 0 Å². The number of amides is 2. The normalized spacial score (nSPS) is 11.6. The lowest BCUT2D eigenvalue weighted by molar-refractivity contribution is -0.128. The van der Waals surface area contributed by atoms with Crippen LogP contribution in [0.25, 0.3) is 0 Å². The largest absolute Gasteiger partial charge is 0.348 e. The van der Waals surface area contributed by atoms with Gasteiger partial charge in [-0.15, -0.1) is 10.2 Å². The molecule has 150 valence electrons. The summed E-state index contributed by atoms with van der Waals surface area (Å²) in [7, 11) is 3.49. The van der Waals surface area contributed by atoms with Crippen molar-refractivity contribution in [3.05, 3.63) is 60.2 Å². The van der Waals surface area contributed by atoms with Gasteiger partial charge in [0, 0.05) is 32.4 Å². The fourth-order valence-corrected chi connectivity index (χ4v) is 4.64. The maximum Gasteiger partial charge on any atom is 0.240 e. The first-order valence-electron chi connectivity index (χ1n) is 8.83. The Morgan fingerprint density at radius 2 is 1.76 bits per heavy atom. The predicted molar refractivity (Wildman–Crippen MR) is 118 cm³/mol. The van der Waals surface area contributed by atoms with Crippen LogP contribution in [0.2, 0.25) is 0 Å². The van der Waals surface area contributed by atoms with Gasteiger partial charge in [-0.1, -0.05) is 59.5 Å². The number of carbonyl (C=O) groups excluding carboxylic acids is 2. The molecule has 3 aromatic rings. The van der Waals surface area contributed by atoms with Gasteiger partial charge in [-0.2, -0.15) is 0 Å². The maximum atomic E-state index is 12.7. The molecule has 0 saturated carbocycles. The number of carbonyl (C=O) groups is 2. The molecule has 2 aromatic carbocycles. The summed E-state index contributed by atoms with van der Waals surface area (Å²) in [4.78, 5) is 25.5. The summed E-state index contributed by atoms with van der Waals surface area (Å²) in [6, 6.07) is 17.0. The van der Waals surface area contributed by atoms with E-state index in [1.165, 1.54) is 30.0 Å². The van der Waals surface area contributed by atoms with Gasteiger partial charge in [0.25, 0.3) is 0 Å². The smallest absolute Gasteiger partial charge is 0.240 e. The van der Waals surface area contributed by atoms with Crippen LogP contribution in [0.15, 0.2) is 58.9 Å². The van der Waals surface area contributed by atoms with Gasteiger partial charge in [0.15, 0.2) is 4.34 Å². The van der Waals surface area contributed by atoms with E-state index in [-0.39, 0.29) is 11.8 Å². The van der Waals surface area contributed by atoms with E-state index in [2.05, 4.69) is 20.8 Å². The van der Waals surface area contributed by atoms with Crippen molar-refractivity contribution in [2.24, 2.45) is 0 Å². The first kappa shape index (κ1) is 20.8. The average molecular weight is 428 g/mol. The molecule has 1 heterocycles. The van der Waals surface area contributed by atoms with E-state index in [9.17, 15) is 9.59 Å². The summed E-state index contributed by atoms with van der Waals surface area (Å²) in [5, 5.41) is 14.5. The van der Waals surface area contributed by atoms with Crippen LogP contribution in [0, 0.1) is 0 Å². The lowest BCUT2D eigenvalue weighted by Crippen LogP contribution is -2.26. The third kappa shape index (κ3) is 5.78.